The molecule has 1 aliphatic rings. The first-order valence-electron chi connectivity index (χ1n) is 10.8. The fourth-order valence-electron chi connectivity index (χ4n) is 4.29. The molecule has 0 aromatic heterocycles. The van der Waals surface area contributed by atoms with Crippen molar-refractivity contribution >= 4 is 5.78 Å². The van der Waals surface area contributed by atoms with E-state index < -0.39 is 5.60 Å². The fourth-order valence-corrected chi connectivity index (χ4v) is 4.29. The lowest BCUT2D eigenvalue weighted by Gasteiger charge is -2.38. The lowest BCUT2D eigenvalue weighted by atomic mass is 9.83. The van der Waals surface area contributed by atoms with E-state index in [0.29, 0.717) is 6.42 Å². The molecule has 0 aliphatic carbocycles. The predicted molar refractivity (Wildman–Crippen MR) is 121 cm³/mol. The Morgan fingerprint density at radius 3 is 2.17 bits per heavy atom. The van der Waals surface area contributed by atoms with Crippen LogP contribution in [-0.4, -0.2) is 35.4 Å². The Morgan fingerprint density at radius 2 is 1.47 bits per heavy atom. The number of likely N-dealkylation sites (tertiary alicyclic amines) is 1. The highest BCUT2D eigenvalue weighted by atomic mass is 16.3. The monoisotopic (exact) mass is 399 g/mol. The molecule has 3 aromatic carbocycles. The lowest BCUT2D eigenvalue weighted by Crippen LogP contribution is -2.43. The first kappa shape index (κ1) is 20.5. The number of Topliss-reactive ketones (excluding diaryl/α,β-unsaturated/α-hetero) is 1. The van der Waals surface area contributed by atoms with Crippen LogP contribution in [0, 0.1) is 0 Å². The molecule has 0 saturated carbocycles. The zero-order chi connectivity index (χ0) is 20.8. The Bertz CT molecular complexity index is 960. The first-order chi connectivity index (χ1) is 14.6. The molecule has 0 atom stereocenters. The highest BCUT2D eigenvalue weighted by Crippen LogP contribution is 2.35. The van der Waals surface area contributed by atoms with E-state index in [0.717, 1.165) is 55.6 Å². The van der Waals surface area contributed by atoms with Crippen molar-refractivity contribution in [1.82, 2.24) is 4.90 Å². The molecule has 1 fully saturated rings. The Balaban J connectivity index is 1.31. The second-order valence-corrected chi connectivity index (χ2v) is 8.21. The summed E-state index contributed by atoms with van der Waals surface area (Å²) in [6.07, 6.45) is 2.87. The predicted octanol–water partition coefficient (Wildman–Crippen LogP) is 5.30. The van der Waals surface area contributed by atoms with Gasteiger partial charge < -0.3 is 10.0 Å². The van der Waals surface area contributed by atoms with Crippen LogP contribution < -0.4 is 0 Å². The van der Waals surface area contributed by atoms with Gasteiger partial charge in [0.15, 0.2) is 5.78 Å². The standard InChI is InChI=1S/C27H29NO2/c29-26(23-11-5-2-6-12-23)15-8-18-28-19-16-27(30,17-20-28)25-14-7-13-24(21-25)22-9-3-1-4-10-22/h1-7,9-14,21,30H,8,15-20H2. The van der Waals surface area contributed by atoms with Crippen LogP contribution in [0.3, 0.4) is 0 Å². The minimum Gasteiger partial charge on any atom is -0.385 e. The van der Waals surface area contributed by atoms with Gasteiger partial charge in [-0.1, -0.05) is 78.9 Å². The molecule has 0 unspecified atom stereocenters. The average Bonchev–Trinajstić information content (AvgIpc) is 2.81. The van der Waals surface area contributed by atoms with Crippen molar-refractivity contribution in [2.24, 2.45) is 0 Å². The molecular weight excluding hydrogens is 370 g/mol. The molecule has 4 rings (SSSR count). The van der Waals surface area contributed by atoms with Gasteiger partial charge in [0, 0.05) is 25.1 Å². The third-order valence-electron chi connectivity index (χ3n) is 6.16. The molecule has 154 valence electrons. The second kappa shape index (κ2) is 9.38. The van der Waals surface area contributed by atoms with Crippen molar-refractivity contribution in [2.45, 2.75) is 31.3 Å². The Morgan fingerprint density at radius 1 is 0.833 bits per heavy atom. The van der Waals surface area contributed by atoms with Crippen LogP contribution in [0.25, 0.3) is 11.1 Å². The van der Waals surface area contributed by atoms with Crippen LogP contribution in [-0.2, 0) is 5.60 Å². The number of hydrogen-bond donors (Lipinski definition) is 1. The summed E-state index contributed by atoms with van der Waals surface area (Å²) in [5.74, 6) is 0.210. The summed E-state index contributed by atoms with van der Waals surface area (Å²) in [6, 6.07) is 28.1. The molecule has 1 saturated heterocycles. The molecule has 30 heavy (non-hydrogen) atoms. The van der Waals surface area contributed by atoms with Gasteiger partial charge in [-0.05, 0) is 48.6 Å². The van der Waals surface area contributed by atoms with Gasteiger partial charge in [-0.2, -0.15) is 0 Å². The largest absolute Gasteiger partial charge is 0.385 e. The number of hydrogen-bond acceptors (Lipinski definition) is 3. The lowest BCUT2D eigenvalue weighted by molar-refractivity contribution is -0.0260. The molecular formula is C27H29NO2. The third-order valence-corrected chi connectivity index (χ3v) is 6.16. The maximum absolute atomic E-state index is 12.3. The molecule has 1 N–H and O–H groups in total. The van der Waals surface area contributed by atoms with Crippen molar-refractivity contribution in [3.8, 4) is 11.1 Å². The van der Waals surface area contributed by atoms with Crippen molar-refractivity contribution < 1.29 is 9.90 Å². The Kier molecular flexibility index (Phi) is 6.41. The van der Waals surface area contributed by atoms with Crippen molar-refractivity contribution in [3.05, 3.63) is 96.1 Å². The van der Waals surface area contributed by atoms with Gasteiger partial charge in [-0.15, -0.1) is 0 Å². The van der Waals surface area contributed by atoms with E-state index in [1.807, 2.05) is 60.7 Å². The van der Waals surface area contributed by atoms with Gasteiger partial charge >= 0.3 is 0 Å². The van der Waals surface area contributed by atoms with Crippen LogP contribution in [0.4, 0.5) is 0 Å². The summed E-state index contributed by atoms with van der Waals surface area (Å²) in [7, 11) is 0. The maximum atomic E-state index is 12.3. The summed E-state index contributed by atoms with van der Waals surface area (Å²) in [5, 5.41) is 11.3. The van der Waals surface area contributed by atoms with E-state index in [-0.39, 0.29) is 5.78 Å². The molecule has 0 bridgehead atoms. The molecule has 3 heteroatoms. The van der Waals surface area contributed by atoms with Crippen LogP contribution in [0.2, 0.25) is 0 Å². The van der Waals surface area contributed by atoms with E-state index in [1.165, 1.54) is 5.56 Å². The Labute approximate surface area is 179 Å². The van der Waals surface area contributed by atoms with Gasteiger partial charge in [-0.3, -0.25) is 4.79 Å². The molecule has 1 aliphatic heterocycles. The van der Waals surface area contributed by atoms with E-state index in [9.17, 15) is 9.90 Å². The number of carbonyl (C=O) groups excluding carboxylic acids is 1. The van der Waals surface area contributed by atoms with E-state index in [4.69, 9.17) is 0 Å². The second-order valence-electron chi connectivity index (χ2n) is 8.21. The number of piperidine rings is 1. The summed E-state index contributed by atoms with van der Waals surface area (Å²) in [5.41, 5.74) is 3.33. The highest BCUT2D eigenvalue weighted by molar-refractivity contribution is 5.95. The molecule has 3 nitrogen and oxygen atoms in total. The fraction of sp³-hybridized carbons (Fsp3) is 0.296. The molecule has 3 aromatic rings. The third kappa shape index (κ3) is 4.86. The first-order valence-corrected chi connectivity index (χ1v) is 10.8. The molecule has 0 spiro atoms. The van der Waals surface area contributed by atoms with Gasteiger partial charge in [0.05, 0.1) is 5.60 Å². The SMILES string of the molecule is O=C(CCCN1CCC(O)(c2cccc(-c3ccccc3)c2)CC1)c1ccccc1. The number of aliphatic hydroxyl groups is 1. The number of rotatable bonds is 7. The molecule has 1 heterocycles. The quantitative estimate of drug-likeness (QED) is 0.548. The van der Waals surface area contributed by atoms with Gasteiger partial charge in [-0.25, -0.2) is 0 Å². The van der Waals surface area contributed by atoms with Gasteiger partial charge in [0.1, 0.15) is 0 Å². The summed E-state index contributed by atoms with van der Waals surface area (Å²) in [4.78, 5) is 14.6. The number of benzene rings is 3. The highest BCUT2D eigenvalue weighted by Gasteiger charge is 2.34. The van der Waals surface area contributed by atoms with Crippen molar-refractivity contribution in [3.63, 3.8) is 0 Å². The zero-order valence-electron chi connectivity index (χ0n) is 17.3. The summed E-state index contributed by atoms with van der Waals surface area (Å²) < 4.78 is 0. The van der Waals surface area contributed by atoms with Crippen molar-refractivity contribution in [2.75, 3.05) is 19.6 Å². The van der Waals surface area contributed by atoms with Gasteiger partial charge in [0.25, 0.3) is 0 Å². The van der Waals surface area contributed by atoms with E-state index in [2.05, 4.69) is 29.2 Å². The van der Waals surface area contributed by atoms with Crippen LogP contribution in [0.15, 0.2) is 84.9 Å². The smallest absolute Gasteiger partial charge is 0.162 e. The van der Waals surface area contributed by atoms with Gasteiger partial charge in [0.2, 0.25) is 0 Å². The van der Waals surface area contributed by atoms with Crippen LogP contribution in [0.1, 0.15) is 41.6 Å². The van der Waals surface area contributed by atoms with Crippen LogP contribution >= 0.6 is 0 Å². The summed E-state index contributed by atoms with van der Waals surface area (Å²) in [6.45, 7) is 2.61. The topological polar surface area (TPSA) is 40.5 Å². The minimum absolute atomic E-state index is 0.210. The minimum atomic E-state index is -0.777. The van der Waals surface area contributed by atoms with E-state index >= 15 is 0 Å². The molecule has 0 amide bonds. The van der Waals surface area contributed by atoms with Crippen molar-refractivity contribution in [1.29, 1.82) is 0 Å². The normalized spacial score (nSPS) is 16.3. The maximum Gasteiger partial charge on any atom is 0.162 e. The average molecular weight is 400 g/mol. The Hall–Kier alpha value is -2.75. The summed E-state index contributed by atoms with van der Waals surface area (Å²) >= 11 is 0. The van der Waals surface area contributed by atoms with E-state index in [1.54, 1.807) is 0 Å². The van der Waals surface area contributed by atoms with Crippen LogP contribution in [0.5, 0.6) is 0 Å². The molecule has 0 radical (unpaired) electrons. The zero-order valence-corrected chi connectivity index (χ0v) is 17.3. The number of nitrogens with zero attached hydrogens (tertiary/aromatic N) is 1. The number of carbonyl (C=O) groups is 1. The number of ketones is 1.